The number of hydrogen-bond donors (Lipinski definition) is 2. The molecule has 3 aromatic rings. The SMILES string of the molecule is COc1ccc(Nc2nnc(SCC(=O)Nc3cc(Cl)ccc3[N+](=O)[O-])s2)cc1. The van der Waals surface area contributed by atoms with E-state index in [1.165, 1.54) is 41.3 Å². The van der Waals surface area contributed by atoms with E-state index >= 15 is 0 Å². The van der Waals surface area contributed by atoms with Crippen molar-refractivity contribution in [3.63, 3.8) is 0 Å². The Kier molecular flexibility index (Phi) is 6.86. The highest BCUT2D eigenvalue weighted by molar-refractivity contribution is 8.01. The Labute approximate surface area is 178 Å². The highest BCUT2D eigenvalue weighted by Crippen LogP contribution is 2.30. The van der Waals surface area contributed by atoms with Crippen molar-refractivity contribution >= 4 is 62.8 Å². The number of nitro benzene ring substituents is 1. The van der Waals surface area contributed by atoms with Crippen molar-refractivity contribution in [2.24, 2.45) is 0 Å². The minimum Gasteiger partial charge on any atom is -0.497 e. The van der Waals surface area contributed by atoms with Crippen LogP contribution in [0, 0.1) is 10.1 Å². The second-order valence-corrected chi connectivity index (χ2v) is 8.12. The number of thioether (sulfide) groups is 1. The summed E-state index contributed by atoms with van der Waals surface area (Å²) in [4.78, 5) is 22.6. The largest absolute Gasteiger partial charge is 0.497 e. The summed E-state index contributed by atoms with van der Waals surface area (Å²) in [6.45, 7) is 0. The van der Waals surface area contributed by atoms with Gasteiger partial charge in [-0.25, -0.2) is 0 Å². The smallest absolute Gasteiger partial charge is 0.292 e. The number of carbonyl (C=O) groups is 1. The van der Waals surface area contributed by atoms with Gasteiger partial charge in [0.25, 0.3) is 5.69 Å². The molecule has 0 fully saturated rings. The molecule has 1 amide bonds. The number of anilines is 3. The summed E-state index contributed by atoms with van der Waals surface area (Å²) in [7, 11) is 1.59. The van der Waals surface area contributed by atoms with Gasteiger partial charge in [0.15, 0.2) is 4.34 Å². The van der Waals surface area contributed by atoms with Crippen molar-refractivity contribution in [1.82, 2.24) is 10.2 Å². The van der Waals surface area contributed by atoms with Crippen LogP contribution in [0.4, 0.5) is 22.2 Å². The van der Waals surface area contributed by atoms with Gasteiger partial charge in [-0.15, -0.1) is 10.2 Å². The van der Waals surface area contributed by atoms with E-state index in [0.717, 1.165) is 11.4 Å². The van der Waals surface area contributed by atoms with Gasteiger partial charge in [0, 0.05) is 16.8 Å². The predicted octanol–water partition coefficient (Wildman–Crippen LogP) is 4.58. The standard InChI is InChI=1S/C17H14ClN5O4S2/c1-27-12-5-3-11(4-6-12)19-16-21-22-17(29-16)28-9-15(24)20-13-8-10(18)2-7-14(13)23(25)26/h2-8H,9H2,1H3,(H,19,21)(H,20,24). The molecule has 0 aliphatic heterocycles. The van der Waals surface area contributed by atoms with Gasteiger partial charge in [-0.1, -0.05) is 34.7 Å². The van der Waals surface area contributed by atoms with E-state index in [2.05, 4.69) is 20.8 Å². The Morgan fingerprint density at radius 2 is 2.03 bits per heavy atom. The first-order chi connectivity index (χ1) is 13.9. The van der Waals surface area contributed by atoms with Gasteiger partial charge in [0.05, 0.1) is 17.8 Å². The first kappa shape index (κ1) is 20.8. The number of aromatic nitrogens is 2. The molecule has 0 bridgehead atoms. The minimum atomic E-state index is -0.582. The zero-order valence-electron chi connectivity index (χ0n) is 14.9. The first-order valence-electron chi connectivity index (χ1n) is 8.06. The molecule has 2 N–H and O–H groups in total. The average Bonchev–Trinajstić information content (AvgIpc) is 3.14. The molecule has 0 aliphatic carbocycles. The Balaban J connectivity index is 1.56. The summed E-state index contributed by atoms with van der Waals surface area (Å²) >= 11 is 8.31. The van der Waals surface area contributed by atoms with E-state index in [1.54, 1.807) is 7.11 Å². The number of amides is 1. The number of benzene rings is 2. The van der Waals surface area contributed by atoms with E-state index in [0.29, 0.717) is 9.47 Å². The lowest BCUT2D eigenvalue weighted by Gasteiger charge is -2.05. The number of nitrogens with zero attached hydrogens (tertiary/aromatic N) is 3. The van der Waals surface area contributed by atoms with Gasteiger partial charge in [-0.05, 0) is 36.4 Å². The quantitative estimate of drug-likeness (QED) is 0.290. The van der Waals surface area contributed by atoms with Crippen LogP contribution in [0.15, 0.2) is 46.8 Å². The summed E-state index contributed by atoms with van der Waals surface area (Å²) in [5.74, 6) is 0.344. The normalized spacial score (nSPS) is 10.4. The van der Waals surface area contributed by atoms with Crippen LogP contribution >= 0.6 is 34.7 Å². The second kappa shape index (κ2) is 9.54. The zero-order chi connectivity index (χ0) is 20.8. The van der Waals surface area contributed by atoms with Crippen LogP contribution in [0.1, 0.15) is 0 Å². The molecule has 0 spiro atoms. The monoisotopic (exact) mass is 451 g/mol. The first-order valence-corrected chi connectivity index (χ1v) is 10.2. The van der Waals surface area contributed by atoms with E-state index in [-0.39, 0.29) is 22.2 Å². The molecule has 0 saturated heterocycles. The van der Waals surface area contributed by atoms with Crippen LogP contribution in [0.5, 0.6) is 5.75 Å². The Morgan fingerprint density at radius 3 is 2.72 bits per heavy atom. The van der Waals surface area contributed by atoms with Crippen LogP contribution in [0.25, 0.3) is 0 Å². The molecular weight excluding hydrogens is 438 g/mol. The third-order valence-corrected chi connectivity index (χ3v) is 5.71. The number of hydrogen-bond acceptors (Lipinski definition) is 9. The van der Waals surface area contributed by atoms with E-state index < -0.39 is 10.8 Å². The van der Waals surface area contributed by atoms with E-state index in [4.69, 9.17) is 16.3 Å². The average molecular weight is 452 g/mol. The molecule has 0 aliphatic rings. The molecule has 29 heavy (non-hydrogen) atoms. The second-order valence-electron chi connectivity index (χ2n) is 5.48. The van der Waals surface area contributed by atoms with Crippen molar-refractivity contribution in [3.8, 4) is 5.75 Å². The highest BCUT2D eigenvalue weighted by atomic mass is 35.5. The predicted molar refractivity (Wildman–Crippen MR) is 114 cm³/mol. The molecule has 0 unspecified atom stereocenters. The third kappa shape index (κ3) is 5.79. The fraction of sp³-hybridized carbons (Fsp3) is 0.118. The molecule has 3 rings (SSSR count). The lowest BCUT2D eigenvalue weighted by molar-refractivity contribution is -0.383. The molecule has 12 heteroatoms. The van der Waals surface area contributed by atoms with Gasteiger partial charge in [0.1, 0.15) is 11.4 Å². The number of ether oxygens (including phenoxy) is 1. The molecule has 0 atom stereocenters. The van der Waals surface area contributed by atoms with E-state index in [9.17, 15) is 14.9 Å². The molecule has 2 aromatic carbocycles. The summed E-state index contributed by atoms with van der Waals surface area (Å²) in [5.41, 5.74) is 0.645. The summed E-state index contributed by atoms with van der Waals surface area (Å²) in [6, 6.07) is 11.3. The topological polar surface area (TPSA) is 119 Å². The Bertz CT molecular complexity index is 1030. The van der Waals surface area contributed by atoms with Crippen molar-refractivity contribution in [3.05, 3.63) is 57.6 Å². The molecule has 1 aromatic heterocycles. The number of nitrogens with one attached hydrogen (secondary N) is 2. The molecular formula is C17H14ClN5O4S2. The van der Waals surface area contributed by atoms with Gasteiger partial charge < -0.3 is 15.4 Å². The number of methoxy groups -OCH3 is 1. The Hall–Kier alpha value is -2.89. The maximum atomic E-state index is 12.2. The number of nitro groups is 1. The maximum absolute atomic E-state index is 12.2. The van der Waals surface area contributed by atoms with Gasteiger partial charge in [0.2, 0.25) is 11.0 Å². The van der Waals surface area contributed by atoms with Crippen molar-refractivity contribution in [2.75, 3.05) is 23.5 Å². The summed E-state index contributed by atoms with van der Waals surface area (Å²) in [6.07, 6.45) is 0. The minimum absolute atomic E-state index is 0.0147. The molecule has 0 saturated carbocycles. The van der Waals surface area contributed by atoms with Crippen LogP contribution in [-0.2, 0) is 4.79 Å². The molecule has 0 radical (unpaired) electrons. The Morgan fingerprint density at radius 1 is 1.28 bits per heavy atom. The van der Waals surface area contributed by atoms with Crippen LogP contribution in [-0.4, -0.2) is 33.9 Å². The van der Waals surface area contributed by atoms with Crippen LogP contribution in [0.3, 0.4) is 0 Å². The zero-order valence-corrected chi connectivity index (χ0v) is 17.3. The fourth-order valence-electron chi connectivity index (χ4n) is 2.20. The molecule has 9 nitrogen and oxygen atoms in total. The highest BCUT2D eigenvalue weighted by Gasteiger charge is 2.17. The number of rotatable bonds is 8. The maximum Gasteiger partial charge on any atom is 0.292 e. The van der Waals surface area contributed by atoms with E-state index in [1.807, 2.05) is 24.3 Å². The number of halogens is 1. The lowest BCUT2D eigenvalue weighted by atomic mass is 10.2. The van der Waals surface area contributed by atoms with Gasteiger partial charge in [-0.3, -0.25) is 14.9 Å². The summed E-state index contributed by atoms with van der Waals surface area (Å²) < 4.78 is 5.69. The van der Waals surface area contributed by atoms with Crippen LogP contribution in [0.2, 0.25) is 5.02 Å². The van der Waals surface area contributed by atoms with Crippen molar-refractivity contribution in [2.45, 2.75) is 4.34 Å². The molecule has 150 valence electrons. The number of carbonyl (C=O) groups excluding carboxylic acids is 1. The van der Waals surface area contributed by atoms with Crippen molar-refractivity contribution in [1.29, 1.82) is 0 Å². The lowest BCUT2D eigenvalue weighted by Crippen LogP contribution is -2.15. The van der Waals surface area contributed by atoms with Crippen molar-refractivity contribution < 1.29 is 14.5 Å². The molecule has 1 heterocycles. The third-order valence-electron chi connectivity index (χ3n) is 3.50. The van der Waals surface area contributed by atoms with Crippen LogP contribution < -0.4 is 15.4 Å². The van der Waals surface area contributed by atoms with Gasteiger partial charge in [-0.2, -0.15) is 0 Å². The van der Waals surface area contributed by atoms with Gasteiger partial charge >= 0.3 is 0 Å². The fourth-order valence-corrected chi connectivity index (χ4v) is 3.94. The summed E-state index contributed by atoms with van der Waals surface area (Å²) in [5, 5.41) is 25.6.